The molecule has 0 saturated carbocycles. The summed E-state index contributed by atoms with van der Waals surface area (Å²) < 4.78 is 6.07. The van der Waals surface area contributed by atoms with Crippen molar-refractivity contribution in [2.75, 3.05) is 19.0 Å². The van der Waals surface area contributed by atoms with Gasteiger partial charge in [-0.05, 0) is 37.6 Å². The van der Waals surface area contributed by atoms with E-state index < -0.39 is 17.3 Å². The number of carbonyl (C=O) groups is 2. The number of rotatable bonds is 7. The van der Waals surface area contributed by atoms with Gasteiger partial charge < -0.3 is 15.2 Å². The van der Waals surface area contributed by atoms with Crippen LogP contribution in [0.1, 0.15) is 29.9 Å². The van der Waals surface area contributed by atoms with E-state index >= 15 is 0 Å². The number of carboxylic acid groups (broad SMARTS) is 1. The number of aromatic nitrogens is 2. The van der Waals surface area contributed by atoms with E-state index in [0.29, 0.717) is 17.9 Å². The van der Waals surface area contributed by atoms with Gasteiger partial charge in [-0.1, -0.05) is 12.1 Å². The van der Waals surface area contributed by atoms with Gasteiger partial charge in [-0.2, -0.15) is 5.10 Å². The Morgan fingerprint density at radius 1 is 1.19 bits per heavy atom. The van der Waals surface area contributed by atoms with Crippen LogP contribution in [-0.4, -0.2) is 40.5 Å². The van der Waals surface area contributed by atoms with Crippen LogP contribution in [0.15, 0.2) is 41.2 Å². The van der Waals surface area contributed by atoms with Crippen LogP contribution in [-0.2, 0) is 21.5 Å². The zero-order valence-electron chi connectivity index (χ0n) is 14.9. The van der Waals surface area contributed by atoms with Gasteiger partial charge in [-0.25, -0.2) is 4.68 Å². The van der Waals surface area contributed by atoms with E-state index in [0.717, 1.165) is 4.68 Å². The molecule has 8 nitrogen and oxygen atoms in total. The van der Waals surface area contributed by atoms with E-state index in [1.165, 1.54) is 19.2 Å². The van der Waals surface area contributed by atoms with Crippen molar-refractivity contribution in [3.05, 3.63) is 58.0 Å². The summed E-state index contributed by atoms with van der Waals surface area (Å²) >= 11 is 0. The highest BCUT2D eigenvalue weighted by Crippen LogP contribution is 2.24. The van der Waals surface area contributed by atoms with Crippen molar-refractivity contribution >= 4 is 17.6 Å². The van der Waals surface area contributed by atoms with Crippen LogP contribution >= 0.6 is 0 Å². The second-order valence-electron chi connectivity index (χ2n) is 6.23. The Labute approximate surface area is 150 Å². The van der Waals surface area contributed by atoms with E-state index in [-0.39, 0.29) is 17.8 Å². The van der Waals surface area contributed by atoms with Gasteiger partial charge in [0.2, 0.25) is 0 Å². The lowest BCUT2D eigenvalue weighted by Crippen LogP contribution is -2.28. The molecule has 0 atom stereocenters. The van der Waals surface area contributed by atoms with Crippen LogP contribution in [0, 0.1) is 0 Å². The predicted molar refractivity (Wildman–Crippen MR) is 95.4 cm³/mol. The standard InChI is InChI=1S/C18H21N3O5/c1-18(2,17(24)25)12-4-6-13(7-5-12)19-16(23)14-8-9-15(22)21(20-14)10-11-26-3/h4-9H,10-11H2,1-3H3,(H,19,23)(H,24,25). The number of anilines is 1. The number of nitrogens with zero attached hydrogens (tertiary/aromatic N) is 2. The minimum absolute atomic E-state index is 0.0932. The molecule has 0 aliphatic carbocycles. The molecule has 2 rings (SSSR count). The number of methoxy groups -OCH3 is 1. The summed E-state index contributed by atoms with van der Waals surface area (Å²) in [5.74, 6) is -1.40. The normalized spacial score (nSPS) is 11.2. The average Bonchev–Trinajstić information content (AvgIpc) is 2.61. The van der Waals surface area contributed by atoms with Crippen molar-refractivity contribution in [1.82, 2.24) is 9.78 Å². The number of nitrogens with one attached hydrogen (secondary N) is 1. The van der Waals surface area contributed by atoms with Gasteiger partial charge in [-0.15, -0.1) is 0 Å². The molecule has 0 bridgehead atoms. The van der Waals surface area contributed by atoms with Gasteiger partial charge in [0.05, 0.1) is 18.6 Å². The highest BCUT2D eigenvalue weighted by atomic mass is 16.5. The number of aliphatic carboxylic acids is 1. The topological polar surface area (TPSA) is 111 Å². The highest BCUT2D eigenvalue weighted by molar-refractivity contribution is 6.02. The first kappa shape index (κ1) is 19.3. The number of ether oxygens (including phenoxy) is 1. The molecule has 1 aromatic carbocycles. The van der Waals surface area contributed by atoms with Crippen LogP contribution < -0.4 is 10.9 Å². The van der Waals surface area contributed by atoms with Gasteiger partial charge in [0, 0.05) is 18.9 Å². The molecule has 138 valence electrons. The molecule has 0 fully saturated rings. The summed E-state index contributed by atoms with van der Waals surface area (Å²) in [6, 6.07) is 9.17. The number of hydrogen-bond acceptors (Lipinski definition) is 5. The minimum Gasteiger partial charge on any atom is -0.481 e. The van der Waals surface area contributed by atoms with Crippen molar-refractivity contribution in [3.8, 4) is 0 Å². The monoisotopic (exact) mass is 359 g/mol. The first-order valence-corrected chi connectivity index (χ1v) is 7.98. The van der Waals surface area contributed by atoms with Crippen molar-refractivity contribution in [3.63, 3.8) is 0 Å². The molecular weight excluding hydrogens is 338 g/mol. The number of carbonyl (C=O) groups excluding carboxylic acids is 1. The summed E-state index contributed by atoms with van der Waals surface area (Å²) in [6.45, 7) is 3.76. The Morgan fingerprint density at radius 2 is 1.85 bits per heavy atom. The smallest absolute Gasteiger partial charge is 0.313 e. The lowest BCUT2D eigenvalue weighted by Gasteiger charge is -2.19. The van der Waals surface area contributed by atoms with Gasteiger partial charge in [-0.3, -0.25) is 14.4 Å². The first-order valence-electron chi connectivity index (χ1n) is 7.98. The third kappa shape index (κ3) is 4.34. The average molecular weight is 359 g/mol. The summed E-state index contributed by atoms with van der Waals surface area (Å²) in [6.07, 6.45) is 0. The maximum atomic E-state index is 12.3. The van der Waals surface area contributed by atoms with E-state index in [1.54, 1.807) is 38.1 Å². The third-order valence-corrected chi connectivity index (χ3v) is 4.01. The Morgan fingerprint density at radius 3 is 2.42 bits per heavy atom. The SMILES string of the molecule is COCCn1nc(C(=O)Nc2ccc(C(C)(C)C(=O)O)cc2)ccc1=O. The van der Waals surface area contributed by atoms with Crippen molar-refractivity contribution in [2.45, 2.75) is 25.8 Å². The molecule has 0 unspecified atom stereocenters. The minimum atomic E-state index is -1.03. The first-order chi connectivity index (χ1) is 12.3. The summed E-state index contributed by atoms with van der Waals surface area (Å²) in [7, 11) is 1.51. The number of benzene rings is 1. The molecule has 2 aromatic rings. The van der Waals surface area contributed by atoms with Gasteiger partial charge in [0.15, 0.2) is 0 Å². The molecular formula is C18H21N3O5. The third-order valence-electron chi connectivity index (χ3n) is 4.01. The van der Waals surface area contributed by atoms with Crippen LogP contribution in [0.2, 0.25) is 0 Å². The van der Waals surface area contributed by atoms with Crippen molar-refractivity contribution in [2.24, 2.45) is 0 Å². The fraction of sp³-hybridized carbons (Fsp3) is 0.333. The summed E-state index contributed by atoms with van der Waals surface area (Å²) in [4.78, 5) is 35.3. The molecule has 0 spiro atoms. The fourth-order valence-electron chi connectivity index (χ4n) is 2.20. The molecule has 1 aromatic heterocycles. The zero-order valence-corrected chi connectivity index (χ0v) is 14.9. The number of amides is 1. The molecule has 1 heterocycles. The van der Waals surface area contributed by atoms with E-state index in [4.69, 9.17) is 4.74 Å². The Hall–Kier alpha value is -3.00. The molecule has 0 saturated heterocycles. The Bertz CT molecular complexity index is 856. The van der Waals surface area contributed by atoms with Crippen molar-refractivity contribution < 1.29 is 19.4 Å². The summed E-state index contributed by atoms with van der Waals surface area (Å²) in [5, 5.41) is 15.9. The molecule has 26 heavy (non-hydrogen) atoms. The molecule has 0 aliphatic rings. The molecule has 1 amide bonds. The Kier molecular flexibility index (Phi) is 5.89. The highest BCUT2D eigenvalue weighted by Gasteiger charge is 2.29. The lowest BCUT2D eigenvalue weighted by atomic mass is 9.85. The lowest BCUT2D eigenvalue weighted by molar-refractivity contribution is -0.142. The molecule has 2 N–H and O–H groups in total. The predicted octanol–water partition coefficient (Wildman–Crippen LogP) is 1.50. The number of carboxylic acids is 1. The maximum absolute atomic E-state index is 12.3. The Balaban J connectivity index is 2.15. The van der Waals surface area contributed by atoms with E-state index in [2.05, 4.69) is 10.4 Å². The molecule has 0 aliphatic heterocycles. The fourth-order valence-corrected chi connectivity index (χ4v) is 2.20. The zero-order chi connectivity index (χ0) is 19.3. The maximum Gasteiger partial charge on any atom is 0.313 e. The van der Waals surface area contributed by atoms with Crippen LogP contribution in [0.25, 0.3) is 0 Å². The van der Waals surface area contributed by atoms with Gasteiger partial charge in [0.1, 0.15) is 5.69 Å². The van der Waals surface area contributed by atoms with E-state index in [1.807, 2.05) is 0 Å². The molecule has 0 radical (unpaired) electrons. The second kappa shape index (κ2) is 7.92. The van der Waals surface area contributed by atoms with E-state index in [9.17, 15) is 19.5 Å². The van der Waals surface area contributed by atoms with Crippen molar-refractivity contribution in [1.29, 1.82) is 0 Å². The number of hydrogen-bond donors (Lipinski definition) is 2. The van der Waals surface area contributed by atoms with Crippen LogP contribution in [0.3, 0.4) is 0 Å². The van der Waals surface area contributed by atoms with Gasteiger partial charge >= 0.3 is 5.97 Å². The van der Waals surface area contributed by atoms with Crippen LogP contribution in [0.5, 0.6) is 0 Å². The van der Waals surface area contributed by atoms with Gasteiger partial charge in [0.25, 0.3) is 11.5 Å². The molecule has 8 heteroatoms. The second-order valence-corrected chi connectivity index (χ2v) is 6.23. The largest absolute Gasteiger partial charge is 0.481 e. The summed E-state index contributed by atoms with van der Waals surface area (Å²) in [5.41, 5.74) is -0.138. The van der Waals surface area contributed by atoms with Crippen LogP contribution in [0.4, 0.5) is 5.69 Å². The quantitative estimate of drug-likeness (QED) is 0.775.